The van der Waals surface area contributed by atoms with E-state index in [2.05, 4.69) is 37.9 Å². The Kier molecular flexibility index (Phi) is 6.57. The Morgan fingerprint density at radius 3 is 2.78 bits per heavy atom. The highest BCUT2D eigenvalue weighted by Gasteiger charge is 2.24. The number of aliphatic hydroxyl groups is 1. The predicted molar refractivity (Wildman–Crippen MR) is 74.9 cm³/mol. The minimum Gasteiger partial charge on any atom is -0.394 e. The van der Waals surface area contributed by atoms with Crippen LogP contribution in [0.3, 0.4) is 0 Å². The molecule has 1 fully saturated rings. The molecule has 1 saturated heterocycles. The molecule has 1 rings (SSSR count). The Balaban J connectivity index is 2.26. The third-order valence-electron chi connectivity index (χ3n) is 3.51. The van der Waals surface area contributed by atoms with Gasteiger partial charge >= 0.3 is 0 Å². The number of hydrogen-bond acceptors (Lipinski definition) is 4. The summed E-state index contributed by atoms with van der Waals surface area (Å²) in [5, 5.41) is 13.0. The van der Waals surface area contributed by atoms with E-state index in [0.717, 1.165) is 39.1 Å². The normalized spacial score (nSPS) is 25.3. The molecule has 1 aliphatic rings. The summed E-state index contributed by atoms with van der Waals surface area (Å²) < 4.78 is 5.54. The molecular weight excluding hydrogens is 228 g/mol. The summed E-state index contributed by atoms with van der Waals surface area (Å²) in [5.41, 5.74) is -0.147. The van der Waals surface area contributed by atoms with Gasteiger partial charge in [0.2, 0.25) is 0 Å². The van der Waals surface area contributed by atoms with Gasteiger partial charge in [0.15, 0.2) is 0 Å². The van der Waals surface area contributed by atoms with Crippen LogP contribution in [-0.4, -0.2) is 60.5 Å². The van der Waals surface area contributed by atoms with Gasteiger partial charge in [-0.3, -0.25) is 4.90 Å². The first-order valence-corrected chi connectivity index (χ1v) is 7.18. The van der Waals surface area contributed by atoms with Crippen molar-refractivity contribution in [2.24, 2.45) is 0 Å². The van der Waals surface area contributed by atoms with Gasteiger partial charge in [0.1, 0.15) is 0 Å². The molecule has 4 nitrogen and oxygen atoms in total. The number of aliphatic hydroxyl groups excluding tert-OH is 1. The van der Waals surface area contributed by atoms with Gasteiger partial charge in [-0.15, -0.1) is 0 Å². The quantitative estimate of drug-likeness (QED) is 0.721. The molecule has 0 aliphatic carbocycles. The number of nitrogens with one attached hydrogen (secondary N) is 1. The first kappa shape index (κ1) is 15.9. The molecular formula is C14H30N2O2. The van der Waals surface area contributed by atoms with Crippen molar-refractivity contribution in [3.8, 4) is 0 Å². The van der Waals surface area contributed by atoms with Crippen molar-refractivity contribution in [3.63, 3.8) is 0 Å². The molecule has 0 amide bonds. The molecule has 0 bridgehead atoms. The molecule has 4 heteroatoms. The Morgan fingerprint density at radius 2 is 2.22 bits per heavy atom. The van der Waals surface area contributed by atoms with Gasteiger partial charge in [0, 0.05) is 24.7 Å². The van der Waals surface area contributed by atoms with Gasteiger partial charge in [0.25, 0.3) is 0 Å². The number of rotatable bonds is 7. The van der Waals surface area contributed by atoms with Crippen molar-refractivity contribution in [1.29, 1.82) is 0 Å². The van der Waals surface area contributed by atoms with Crippen molar-refractivity contribution in [2.45, 2.75) is 58.2 Å². The molecule has 0 aromatic heterocycles. The van der Waals surface area contributed by atoms with Crippen LogP contribution in [0, 0.1) is 0 Å². The Bertz CT molecular complexity index is 236. The zero-order valence-corrected chi connectivity index (χ0v) is 12.4. The van der Waals surface area contributed by atoms with Gasteiger partial charge in [0.05, 0.1) is 19.3 Å². The van der Waals surface area contributed by atoms with E-state index in [4.69, 9.17) is 4.74 Å². The molecule has 2 N–H and O–H groups in total. The van der Waals surface area contributed by atoms with Crippen molar-refractivity contribution >= 4 is 0 Å². The Morgan fingerprint density at radius 1 is 1.50 bits per heavy atom. The average Bonchev–Trinajstić information content (AvgIpc) is 2.28. The lowest BCUT2D eigenvalue weighted by Gasteiger charge is -2.34. The molecule has 0 saturated carbocycles. The number of ether oxygens (including phenoxy) is 1. The highest BCUT2D eigenvalue weighted by atomic mass is 16.5. The second kappa shape index (κ2) is 7.43. The van der Waals surface area contributed by atoms with Crippen LogP contribution in [0.4, 0.5) is 0 Å². The van der Waals surface area contributed by atoms with Crippen LogP contribution in [-0.2, 0) is 4.74 Å². The standard InChI is InChI=1S/C14H30N2O2/c1-12(2)15-14(4,11-17)6-5-7-16-8-9-18-13(3)10-16/h12-13,15,17H,5-11H2,1-4H3. The molecule has 2 unspecified atom stereocenters. The largest absolute Gasteiger partial charge is 0.394 e. The van der Waals surface area contributed by atoms with E-state index < -0.39 is 0 Å². The summed E-state index contributed by atoms with van der Waals surface area (Å²) in [7, 11) is 0. The summed E-state index contributed by atoms with van der Waals surface area (Å²) in [5.74, 6) is 0. The fourth-order valence-corrected chi connectivity index (χ4v) is 2.68. The van der Waals surface area contributed by atoms with Crippen LogP contribution in [0.25, 0.3) is 0 Å². The zero-order valence-electron chi connectivity index (χ0n) is 12.4. The van der Waals surface area contributed by atoms with Crippen LogP contribution >= 0.6 is 0 Å². The summed E-state index contributed by atoms with van der Waals surface area (Å²) in [4.78, 5) is 2.46. The van der Waals surface area contributed by atoms with E-state index in [1.165, 1.54) is 0 Å². The molecule has 1 heterocycles. The zero-order chi connectivity index (χ0) is 13.6. The molecule has 2 atom stereocenters. The molecule has 18 heavy (non-hydrogen) atoms. The monoisotopic (exact) mass is 258 g/mol. The highest BCUT2D eigenvalue weighted by Crippen LogP contribution is 2.14. The van der Waals surface area contributed by atoms with E-state index >= 15 is 0 Å². The van der Waals surface area contributed by atoms with Gasteiger partial charge in [-0.1, -0.05) is 13.8 Å². The SMILES string of the molecule is CC(C)NC(C)(CO)CCCN1CCOC(C)C1. The van der Waals surface area contributed by atoms with Gasteiger partial charge in [-0.05, 0) is 33.2 Å². The second-order valence-corrected chi connectivity index (χ2v) is 6.10. The van der Waals surface area contributed by atoms with Gasteiger partial charge in [-0.2, -0.15) is 0 Å². The smallest absolute Gasteiger partial charge is 0.0674 e. The third-order valence-corrected chi connectivity index (χ3v) is 3.51. The minimum atomic E-state index is -0.147. The Hall–Kier alpha value is -0.160. The summed E-state index contributed by atoms with van der Waals surface area (Å²) >= 11 is 0. The molecule has 0 aromatic carbocycles. The van der Waals surface area contributed by atoms with Crippen molar-refractivity contribution in [1.82, 2.24) is 10.2 Å². The highest BCUT2D eigenvalue weighted by molar-refractivity contribution is 4.84. The minimum absolute atomic E-state index is 0.147. The maximum absolute atomic E-state index is 9.52. The van der Waals surface area contributed by atoms with Crippen LogP contribution in [0.1, 0.15) is 40.5 Å². The fourth-order valence-electron chi connectivity index (χ4n) is 2.68. The predicted octanol–water partition coefficient (Wildman–Crippen LogP) is 1.24. The van der Waals surface area contributed by atoms with E-state index in [0.29, 0.717) is 12.1 Å². The van der Waals surface area contributed by atoms with Crippen LogP contribution < -0.4 is 5.32 Å². The van der Waals surface area contributed by atoms with Crippen LogP contribution in [0.5, 0.6) is 0 Å². The molecule has 0 aromatic rings. The van der Waals surface area contributed by atoms with E-state index in [1.54, 1.807) is 0 Å². The van der Waals surface area contributed by atoms with Crippen LogP contribution in [0.2, 0.25) is 0 Å². The topological polar surface area (TPSA) is 44.7 Å². The number of nitrogens with zero attached hydrogens (tertiary/aromatic N) is 1. The number of morpholine rings is 1. The van der Waals surface area contributed by atoms with E-state index in [9.17, 15) is 5.11 Å². The third kappa shape index (κ3) is 5.65. The van der Waals surface area contributed by atoms with Gasteiger partial charge < -0.3 is 15.2 Å². The summed E-state index contributed by atoms with van der Waals surface area (Å²) in [6.07, 6.45) is 2.48. The van der Waals surface area contributed by atoms with E-state index in [1.807, 2.05) is 0 Å². The summed E-state index contributed by atoms with van der Waals surface area (Å²) in [6, 6.07) is 0.408. The lowest BCUT2D eigenvalue weighted by atomic mass is 9.95. The lowest BCUT2D eigenvalue weighted by Crippen LogP contribution is -2.49. The lowest BCUT2D eigenvalue weighted by molar-refractivity contribution is -0.0194. The average molecular weight is 258 g/mol. The van der Waals surface area contributed by atoms with Gasteiger partial charge in [-0.25, -0.2) is 0 Å². The molecule has 0 radical (unpaired) electrons. The Labute approximate surface area is 112 Å². The maximum atomic E-state index is 9.52. The first-order chi connectivity index (χ1) is 8.45. The maximum Gasteiger partial charge on any atom is 0.0674 e. The van der Waals surface area contributed by atoms with Crippen molar-refractivity contribution < 1.29 is 9.84 Å². The molecule has 0 spiro atoms. The van der Waals surface area contributed by atoms with E-state index in [-0.39, 0.29) is 12.1 Å². The molecule has 108 valence electrons. The first-order valence-electron chi connectivity index (χ1n) is 7.18. The van der Waals surface area contributed by atoms with Crippen LogP contribution in [0.15, 0.2) is 0 Å². The summed E-state index contributed by atoms with van der Waals surface area (Å²) in [6.45, 7) is 12.7. The van der Waals surface area contributed by atoms with Crippen molar-refractivity contribution in [2.75, 3.05) is 32.8 Å². The molecule has 1 aliphatic heterocycles. The fraction of sp³-hybridized carbons (Fsp3) is 1.00. The number of hydrogen-bond donors (Lipinski definition) is 2. The van der Waals surface area contributed by atoms with Crippen molar-refractivity contribution in [3.05, 3.63) is 0 Å². The second-order valence-electron chi connectivity index (χ2n) is 6.10.